The second-order valence-corrected chi connectivity index (χ2v) is 4.79. The maximum absolute atomic E-state index is 5.19. The molecule has 0 aromatic heterocycles. The number of benzene rings is 1. The predicted octanol–water partition coefficient (Wildman–Crippen LogP) is 3.65. The van der Waals surface area contributed by atoms with Gasteiger partial charge in [-0.2, -0.15) is 0 Å². The van der Waals surface area contributed by atoms with Gasteiger partial charge < -0.3 is 5.32 Å². The van der Waals surface area contributed by atoms with Crippen molar-refractivity contribution in [3.05, 3.63) is 33.8 Å². The van der Waals surface area contributed by atoms with E-state index in [4.69, 9.17) is 6.42 Å². The van der Waals surface area contributed by atoms with Crippen LogP contribution in [0.25, 0.3) is 0 Å². The lowest BCUT2D eigenvalue weighted by Crippen LogP contribution is -2.14. The molecule has 0 fully saturated rings. The highest BCUT2D eigenvalue weighted by Gasteiger charge is 1.98. The first kappa shape index (κ1) is 13.3. The fourth-order valence-electron chi connectivity index (χ4n) is 1.50. The monoisotopic (exact) mass is 279 g/mol. The standard InChI is InChI=1S/C14H18BrN/c1-3-4-5-6-9-16-11-13-8-7-12(2)10-14(13)15/h1,7-8,10,16H,4-6,9,11H2,2H3. The first-order valence-corrected chi connectivity index (χ1v) is 6.42. The zero-order valence-corrected chi connectivity index (χ0v) is 11.3. The van der Waals surface area contributed by atoms with E-state index in [-0.39, 0.29) is 0 Å². The molecule has 0 atom stereocenters. The first-order chi connectivity index (χ1) is 7.74. The molecule has 1 aromatic rings. The first-order valence-electron chi connectivity index (χ1n) is 5.63. The molecule has 1 rings (SSSR count). The zero-order valence-electron chi connectivity index (χ0n) is 9.72. The third-order valence-corrected chi connectivity index (χ3v) is 3.19. The lowest BCUT2D eigenvalue weighted by Gasteiger charge is -2.07. The van der Waals surface area contributed by atoms with Crippen molar-refractivity contribution in [2.75, 3.05) is 6.54 Å². The van der Waals surface area contributed by atoms with E-state index in [9.17, 15) is 0 Å². The minimum atomic E-state index is 0.885. The van der Waals surface area contributed by atoms with Gasteiger partial charge in [0.25, 0.3) is 0 Å². The fraction of sp³-hybridized carbons (Fsp3) is 0.429. The van der Waals surface area contributed by atoms with Gasteiger partial charge >= 0.3 is 0 Å². The van der Waals surface area contributed by atoms with E-state index in [1.165, 1.54) is 15.6 Å². The second kappa shape index (κ2) is 7.49. The van der Waals surface area contributed by atoms with Crippen LogP contribution in [-0.2, 0) is 6.54 Å². The van der Waals surface area contributed by atoms with Crippen LogP contribution in [-0.4, -0.2) is 6.54 Å². The molecular formula is C14H18BrN. The Hall–Kier alpha value is -0.780. The molecule has 0 saturated heterocycles. The SMILES string of the molecule is C#CCCCCNCc1ccc(C)cc1Br. The van der Waals surface area contributed by atoms with Crippen molar-refractivity contribution in [1.29, 1.82) is 0 Å². The molecular weight excluding hydrogens is 262 g/mol. The highest BCUT2D eigenvalue weighted by molar-refractivity contribution is 9.10. The quantitative estimate of drug-likeness (QED) is 0.619. The summed E-state index contributed by atoms with van der Waals surface area (Å²) in [6, 6.07) is 6.45. The molecule has 0 aliphatic rings. The second-order valence-electron chi connectivity index (χ2n) is 3.93. The van der Waals surface area contributed by atoms with Crippen molar-refractivity contribution >= 4 is 15.9 Å². The van der Waals surface area contributed by atoms with E-state index in [1.54, 1.807) is 0 Å². The van der Waals surface area contributed by atoms with E-state index >= 15 is 0 Å². The Bertz CT molecular complexity index is 365. The van der Waals surface area contributed by atoms with Gasteiger partial charge in [0.1, 0.15) is 0 Å². The summed E-state index contributed by atoms with van der Waals surface area (Å²) in [7, 11) is 0. The van der Waals surface area contributed by atoms with Crippen molar-refractivity contribution < 1.29 is 0 Å². The van der Waals surface area contributed by atoms with Crippen LogP contribution in [0, 0.1) is 19.3 Å². The number of terminal acetylenes is 1. The lowest BCUT2D eigenvalue weighted by molar-refractivity contribution is 0.629. The molecule has 1 aromatic carbocycles. The summed E-state index contributed by atoms with van der Waals surface area (Å²) in [6.07, 6.45) is 8.33. The van der Waals surface area contributed by atoms with Gasteiger partial charge in [0.05, 0.1) is 0 Å². The highest BCUT2D eigenvalue weighted by atomic mass is 79.9. The Morgan fingerprint density at radius 1 is 1.38 bits per heavy atom. The molecule has 1 nitrogen and oxygen atoms in total. The highest BCUT2D eigenvalue weighted by Crippen LogP contribution is 2.17. The number of halogens is 1. The van der Waals surface area contributed by atoms with Crippen molar-refractivity contribution in [2.45, 2.75) is 32.7 Å². The van der Waals surface area contributed by atoms with E-state index in [0.717, 1.165) is 32.4 Å². The topological polar surface area (TPSA) is 12.0 Å². The average Bonchev–Trinajstić information content (AvgIpc) is 2.26. The van der Waals surface area contributed by atoms with Crippen LogP contribution in [0.4, 0.5) is 0 Å². The van der Waals surface area contributed by atoms with Gasteiger partial charge in [-0.1, -0.05) is 28.1 Å². The third kappa shape index (κ3) is 4.83. The molecule has 0 aliphatic carbocycles. The number of hydrogen-bond acceptors (Lipinski definition) is 1. The zero-order chi connectivity index (χ0) is 11.8. The van der Waals surface area contributed by atoms with E-state index < -0.39 is 0 Å². The van der Waals surface area contributed by atoms with E-state index in [1.807, 2.05) is 0 Å². The van der Waals surface area contributed by atoms with Gasteiger partial charge in [-0.25, -0.2) is 0 Å². The number of rotatable bonds is 6. The maximum atomic E-state index is 5.19. The van der Waals surface area contributed by atoms with Gasteiger partial charge in [-0.05, 0) is 43.5 Å². The van der Waals surface area contributed by atoms with E-state index in [2.05, 4.69) is 52.3 Å². The molecule has 2 heteroatoms. The van der Waals surface area contributed by atoms with Crippen LogP contribution in [0.5, 0.6) is 0 Å². The van der Waals surface area contributed by atoms with Crippen LogP contribution >= 0.6 is 15.9 Å². The van der Waals surface area contributed by atoms with Crippen LogP contribution < -0.4 is 5.32 Å². The normalized spacial score (nSPS) is 10.1. The van der Waals surface area contributed by atoms with Gasteiger partial charge in [0.2, 0.25) is 0 Å². The molecule has 0 amide bonds. The van der Waals surface area contributed by atoms with Gasteiger partial charge in [-0.3, -0.25) is 0 Å². The summed E-state index contributed by atoms with van der Waals surface area (Å²) < 4.78 is 1.18. The van der Waals surface area contributed by atoms with Gasteiger partial charge in [0.15, 0.2) is 0 Å². The van der Waals surface area contributed by atoms with Crippen LogP contribution in [0.15, 0.2) is 22.7 Å². The lowest BCUT2D eigenvalue weighted by atomic mass is 10.1. The Morgan fingerprint density at radius 2 is 2.19 bits per heavy atom. The van der Waals surface area contributed by atoms with Crippen molar-refractivity contribution in [3.8, 4) is 12.3 Å². The fourth-order valence-corrected chi connectivity index (χ4v) is 2.13. The van der Waals surface area contributed by atoms with Crippen LogP contribution in [0.1, 0.15) is 30.4 Å². The summed E-state index contributed by atoms with van der Waals surface area (Å²) in [5.41, 5.74) is 2.59. The van der Waals surface area contributed by atoms with Gasteiger partial charge in [0, 0.05) is 17.4 Å². The summed E-state index contributed by atoms with van der Waals surface area (Å²) >= 11 is 3.57. The number of unbranched alkanes of at least 4 members (excludes halogenated alkanes) is 2. The molecule has 0 bridgehead atoms. The van der Waals surface area contributed by atoms with Crippen LogP contribution in [0.2, 0.25) is 0 Å². The molecule has 0 radical (unpaired) electrons. The molecule has 0 saturated carbocycles. The van der Waals surface area contributed by atoms with Crippen molar-refractivity contribution in [2.24, 2.45) is 0 Å². The van der Waals surface area contributed by atoms with Crippen molar-refractivity contribution in [1.82, 2.24) is 5.32 Å². The molecule has 0 spiro atoms. The summed E-state index contributed by atoms with van der Waals surface area (Å²) in [4.78, 5) is 0. The average molecular weight is 280 g/mol. The number of nitrogens with one attached hydrogen (secondary N) is 1. The minimum absolute atomic E-state index is 0.885. The Balaban J connectivity index is 2.25. The largest absolute Gasteiger partial charge is 0.313 e. The molecule has 0 heterocycles. The molecule has 86 valence electrons. The smallest absolute Gasteiger partial charge is 0.0222 e. The number of aryl methyl sites for hydroxylation is 1. The summed E-state index contributed by atoms with van der Waals surface area (Å²) in [6.45, 7) is 4.04. The summed E-state index contributed by atoms with van der Waals surface area (Å²) in [5, 5.41) is 3.42. The summed E-state index contributed by atoms with van der Waals surface area (Å²) in [5.74, 6) is 2.66. The Morgan fingerprint density at radius 3 is 2.88 bits per heavy atom. The number of hydrogen-bond donors (Lipinski definition) is 1. The minimum Gasteiger partial charge on any atom is -0.313 e. The van der Waals surface area contributed by atoms with E-state index in [0.29, 0.717) is 0 Å². The third-order valence-electron chi connectivity index (χ3n) is 2.45. The maximum Gasteiger partial charge on any atom is 0.0222 e. The van der Waals surface area contributed by atoms with Gasteiger partial charge in [-0.15, -0.1) is 12.3 Å². The molecule has 1 N–H and O–H groups in total. The predicted molar refractivity (Wildman–Crippen MR) is 73.3 cm³/mol. The molecule has 16 heavy (non-hydrogen) atoms. The molecule has 0 aliphatic heterocycles. The Labute approximate surface area is 107 Å². The Kier molecular flexibility index (Phi) is 6.22. The molecule has 0 unspecified atom stereocenters. The van der Waals surface area contributed by atoms with Crippen LogP contribution in [0.3, 0.4) is 0 Å². The van der Waals surface area contributed by atoms with Crippen molar-refractivity contribution in [3.63, 3.8) is 0 Å².